The Morgan fingerprint density at radius 1 is 1.06 bits per heavy atom. The van der Waals surface area contributed by atoms with Gasteiger partial charge in [0.15, 0.2) is 5.78 Å². The Kier molecular flexibility index (Phi) is 7.33. The normalized spacial score (nSPS) is 17.1. The van der Waals surface area contributed by atoms with Crippen molar-refractivity contribution in [2.75, 3.05) is 13.1 Å². The Hall–Kier alpha value is -3.58. The van der Waals surface area contributed by atoms with Crippen LogP contribution >= 0.6 is 0 Å². The molecule has 0 radical (unpaired) electrons. The molecular weight excluding hydrogens is 428 g/mol. The molecule has 1 aromatic heterocycles. The minimum Gasteiger partial charge on any atom is -0.343 e. The molecule has 0 saturated carbocycles. The third-order valence-corrected chi connectivity index (χ3v) is 5.97. The minimum absolute atomic E-state index is 0.0184. The van der Waals surface area contributed by atoms with E-state index in [1.807, 2.05) is 73.3 Å². The van der Waals surface area contributed by atoms with Gasteiger partial charge in [-0.15, -0.1) is 0 Å². The molecule has 176 valence electrons. The van der Waals surface area contributed by atoms with Gasteiger partial charge in [-0.3, -0.25) is 24.3 Å². The largest absolute Gasteiger partial charge is 0.343 e. The maximum Gasteiger partial charge on any atom is 0.270 e. The van der Waals surface area contributed by atoms with E-state index in [2.05, 4.69) is 15.6 Å². The van der Waals surface area contributed by atoms with Crippen LogP contribution in [0, 0.1) is 5.92 Å². The van der Waals surface area contributed by atoms with Gasteiger partial charge in [-0.05, 0) is 29.4 Å². The number of ketones is 1. The minimum atomic E-state index is -0.753. The van der Waals surface area contributed by atoms with Gasteiger partial charge >= 0.3 is 0 Å². The third-order valence-electron chi connectivity index (χ3n) is 5.97. The smallest absolute Gasteiger partial charge is 0.270 e. The first kappa shape index (κ1) is 23.6. The van der Waals surface area contributed by atoms with E-state index in [4.69, 9.17) is 0 Å². The second-order valence-electron chi connectivity index (χ2n) is 9.25. The zero-order valence-corrected chi connectivity index (χ0v) is 19.5. The van der Waals surface area contributed by atoms with E-state index in [0.29, 0.717) is 26.1 Å². The number of pyridine rings is 1. The fraction of sp³-hybridized carbons (Fsp3) is 0.333. The van der Waals surface area contributed by atoms with Gasteiger partial charge < -0.3 is 10.6 Å². The van der Waals surface area contributed by atoms with Gasteiger partial charge in [-0.1, -0.05) is 68.4 Å². The van der Waals surface area contributed by atoms with Crippen molar-refractivity contribution in [1.29, 1.82) is 0 Å². The zero-order chi connectivity index (χ0) is 24.1. The second kappa shape index (κ2) is 10.6. The first-order valence-corrected chi connectivity index (χ1v) is 11.6. The second-order valence-corrected chi connectivity index (χ2v) is 9.25. The molecule has 34 heavy (non-hydrogen) atoms. The summed E-state index contributed by atoms with van der Waals surface area (Å²) in [5, 5.41) is 7.55. The molecule has 2 N–H and O–H groups in total. The van der Waals surface area contributed by atoms with Gasteiger partial charge in [0, 0.05) is 24.7 Å². The quantitative estimate of drug-likeness (QED) is 0.542. The zero-order valence-electron chi connectivity index (χ0n) is 19.5. The Balaban J connectivity index is 1.40. The highest BCUT2D eigenvalue weighted by atomic mass is 16.2. The molecule has 2 atom stereocenters. The Labute approximate surface area is 199 Å². The van der Waals surface area contributed by atoms with Gasteiger partial charge in [0.25, 0.3) is 5.91 Å². The maximum atomic E-state index is 13.1. The van der Waals surface area contributed by atoms with E-state index in [9.17, 15) is 14.4 Å². The summed E-state index contributed by atoms with van der Waals surface area (Å²) in [5.41, 5.74) is 1.38. The van der Waals surface area contributed by atoms with Gasteiger partial charge in [-0.25, -0.2) is 0 Å². The summed E-state index contributed by atoms with van der Waals surface area (Å²) in [6.07, 6.45) is 2.11. The van der Waals surface area contributed by atoms with E-state index in [0.717, 1.165) is 16.3 Å². The molecule has 7 nitrogen and oxygen atoms in total. The highest BCUT2D eigenvalue weighted by Crippen LogP contribution is 2.15. The number of hydrogen-bond acceptors (Lipinski definition) is 5. The number of rotatable bonds is 8. The van der Waals surface area contributed by atoms with E-state index in [1.165, 1.54) is 0 Å². The standard InChI is InChI=1S/C27H30N4O3/c1-18(2)12-23(29-26(33)22-13-20-10-6-7-11-21(20)14-28-22)27(34)30-24-16-31(17-25(24)32)15-19-8-4-3-5-9-19/h3-11,13-14,18,23-24H,12,15-17H2,1-2H3,(H,29,33)(H,30,34)/t23-,24?/m0/s1. The van der Waals surface area contributed by atoms with Crippen molar-refractivity contribution >= 4 is 28.4 Å². The lowest BCUT2D eigenvalue weighted by Gasteiger charge is -2.22. The molecule has 0 bridgehead atoms. The van der Waals surface area contributed by atoms with E-state index in [-0.39, 0.29) is 23.3 Å². The van der Waals surface area contributed by atoms with Crippen LogP contribution in [0.1, 0.15) is 36.3 Å². The van der Waals surface area contributed by atoms with E-state index < -0.39 is 18.0 Å². The number of benzene rings is 2. The summed E-state index contributed by atoms with van der Waals surface area (Å²) in [6, 6.07) is 18.0. The van der Waals surface area contributed by atoms with Gasteiger partial charge in [0.1, 0.15) is 17.8 Å². The number of Topliss-reactive ketones (excluding diaryl/α,β-unsaturated/α-hetero) is 1. The first-order chi connectivity index (χ1) is 16.4. The van der Waals surface area contributed by atoms with E-state index in [1.54, 1.807) is 12.3 Å². The van der Waals surface area contributed by atoms with Crippen LogP contribution in [0.5, 0.6) is 0 Å². The number of nitrogens with zero attached hydrogens (tertiary/aromatic N) is 2. The van der Waals surface area contributed by atoms with Crippen molar-refractivity contribution in [3.8, 4) is 0 Å². The van der Waals surface area contributed by atoms with Crippen molar-refractivity contribution in [3.05, 3.63) is 78.1 Å². The van der Waals surface area contributed by atoms with Crippen LogP contribution < -0.4 is 10.6 Å². The average molecular weight is 459 g/mol. The van der Waals surface area contributed by atoms with Crippen LogP contribution in [0.4, 0.5) is 0 Å². The van der Waals surface area contributed by atoms with Crippen LogP contribution in [0.2, 0.25) is 0 Å². The molecule has 4 rings (SSSR count). The van der Waals surface area contributed by atoms with Crippen molar-refractivity contribution in [2.24, 2.45) is 5.92 Å². The van der Waals surface area contributed by atoms with Crippen LogP contribution in [0.25, 0.3) is 10.8 Å². The van der Waals surface area contributed by atoms with Gasteiger partial charge in [0.05, 0.1) is 6.54 Å². The molecule has 2 heterocycles. The molecule has 0 spiro atoms. The molecule has 7 heteroatoms. The lowest BCUT2D eigenvalue weighted by molar-refractivity contribution is -0.127. The monoisotopic (exact) mass is 458 g/mol. The molecule has 1 saturated heterocycles. The van der Waals surface area contributed by atoms with Crippen LogP contribution in [0.3, 0.4) is 0 Å². The predicted octanol–water partition coefficient (Wildman–Crippen LogP) is 2.95. The number of fused-ring (bicyclic) bond motifs is 1. The molecule has 3 aromatic rings. The van der Waals surface area contributed by atoms with Crippen molar-refractivity contribution in [1.82, 2.24) is 20.5 Å². The van der Waals surface area contributed by atoms with Crippen molar-refractivity contribution in [3.63, 3.8) is 0 Å². The SMILES string of the molecule is CC(C)C[C@H](NC(=O)c1cc2ccccc2cn1)C(=O)NC1CN(Cc2ccccc2)CC1=O. The number of amides is 2. The van der Waals surface area contributed by atoms with Crippen LogP contribution in [-0.2, 0) is 16.1 Å². The molecule has 1 unspecified atom stereocenters. The topological polar surface area (TPSA) is 91.4 Å². The Morgan fingerprint density at radius 3 is 2.50 bits per heavy atom. The Bertz CT molecular complexity index is 1180. The van der Waals surface area contributed by atoms with Gasteiger partial charge in [-0.2, -0.15) is 0 Å². The van der Waals surface area contributed by atoms with Gasteiger partial charge in [0.2, 0.25) is 5.91 Å². The first-order valence-electron chi connectivity index (χ1n) is 11.6. The lowest BCUT2D eigenvalue weighted by Crippen LogP contribution is -2.52. The molecule has 2 aromatic carbocycles. The summed E-state index contributed by atoms with van der Waals surface area (Å²) in [7, 11) is 0. The highest BCUT2D eigenvalue weighted by Gasteiger charge is 2.34. The van der Waals surface area contributed by atoms with Crippen molar-refractivity contribution < 1.29 is 14.4 Å². The average Bonchev–Trinajstić information content (AvgIpc) is 3.16. The summed E-state index contributed by atoms with van der Waals surface area (Å²) >= 11 is 0. The lowest BCUT2D eigenvalue weighted by atomic mass is 10.0. The molecule has 0 aliphatic carbocycles. The third kappa shape index (κ3) is 5.85. The summed E-state index contributed by atoms with van der Waals surface area (Å²) in [5.74, 6) is -0.595. The number of aromatic nitrogens is 1. The van der Waals surface area contributed by atoms with Crippen LogP contribution in [-0.4, -0.2) is 52.7 Å². The summed E-state index contributed by atoms with van der Waals surface area (Å²) in [6.45, 7) is 5.38. The van der Waals surface area contributed by atoms with Crippen LogP contribution in [0.15, 0.2) is 66.9 Å². The molecule has 1 aliphatic rings. The summed E-state index contributed by atoms with van der Waals surface area (Å²) in [4.78, 5) is 44.9. The molecule has 1 aliphatic heterocycles. The number of carbonyl (C=O) groups is 3. The maximum absolute atomic E-state index is 13.1. The van der Waals surface area contributed by atoms with E-state index >= 15 is 0 Å². The fourth-order valence-corrected chi connectivity index (χ4v) is 4.26. The fourth-order valence-electron chi connectivity index (χ4n) is 4.26. The number of carbonyl (C=O) groups excluding carboxylic acids is 3. The molecule has 2 amide bonds. The van der Waals surface area contributed by atoms with Crippen molar-refractivity contribution in [2.45, 2.75) is 38.9 Å². The number of nitrogens with one attached hydrogen (secondary N) is 2. The molecular formula is C27H30N4O3. The Morgan fingerprint density at radius 2 is 1.76 bits per heavy atom. The number of hydrogen-bond donors (Lipinski definition) is 2. The number of likely N-dealkylation sites (tertiary alicyclic amines) is 1. The summed E-state index contributed by atoms with van der Waals surface area (Å²) < 4.78 is 0. The molecule has 1 fully saturated rings. The highest BCUT2D eigenvalue weighted by molar-refractivity contribution is 6.00. The predicted molar refractivity (Wildman–Crippen MR) is 131 cm³/mol.